The molecule has 0 spiro atoms. The van der Waals surface area contributed by atoms with Crippen LogP contribution in [0.5, 0.6) is 0 Å². The third-order valence-electron chi connectivity index (χ3n) is 6.57. The first-order valence-electron chi connectivity index (χ1n) is 12.3. The van der Waals surface area contributed by atoms with E-state index in [4.69, 9.17) is 20.0 Å². The molecule has 1 aliphatic carbocycles. The molecule has 2 atom stereocenters. The van der Waals surface area contributed by atoms with E-state index in [9.17, 15) is 4.39 Å². The maximum absolute atomic E-state index is 14.3. The predicted octanol–water partition coefficient (Wildman–Crippen LogP) is 4.56. The Kier molecular flexibility index (Phi) is 7.48. The van der Waals surface area contributed by atoms with Crippen molar-refractivity contribution in [3.63, 3.8) is 0 Å². The van der Waals surface area contributed by atoms with Crippen LogP contribution in [0.25, 0.3) is 11.1 Å². The molecule has 3 aromatic rings. The van der Waals surface area contributed by atoms with Crippen molar-refractivity contribution < 1.29 is 18.7 Å². The number of hydrogen-bond donors (Lipinski definition) is 1. The van der Waals surface area contributed by atoms with Crippen LogP contribution in [0, 0.1) is 12.7 Å². The number of nitrogens with two attached hydrogens (primary N) is 1. The molecular weight excluding hydrogens is 461 g/mol. The highest BCUT2D eigenvalue weighted by atomic mass is 19.1. The zero-order valence-electron chi connectivity index (χ0n) is 20.3. The molecule has 0 saturated carbocycles. The predicted molar refractivity (Wildman–Crippen MR) is 134 cm³/mol. The summed E-state index contributed by atoms with van der Waals surface area (Å²) in [7, 11) is 0. The van der Waals surface area contributed by atoms with Gasteiger partial charge in [0.05, 0.1) is 23.7 Å². The number of fused-ring (bicyclic) bond motifs is 1. The number of oxime groups is 1. The summed E-state index contributed by atoms with van der Waals surface area (Å²) in [5.74, 6) is -0.0775. The standard InChI is InChI=1S/C27H30FN5O3/c1-17-26-23(32-27(29)31-17)13-19(14-24(26)33-36-12-11-35-25-6-2-3-10-34-25)21-8-7-20(28)15-22(21)18-5-4-9-30-16-18/h4-5,7-9,15-16,19,25H,2-3,6,10-14H2,1H3,(H2,29,31,32)/b33-24+. The second-order valence-electron chi connectivity index (χ2n) is 9.11. The summed E-state index contributed by atoms with van der Waals surface area (Å²) in [4.78, 5) is 18.8. The molecule has 9 heteroatoms. The zero-order chi connectivity index (χ0) is 24.9. The van der Waals surface area contributed by atoms with E-state index < -0.39 is 0 Å². The Labute approximate surface area is 209 Å². The van der Waals surface area contributed by atoms with Gasteiger partial charge in [-0.05, 0) is 67.9 Å². The number of pyridine rings is 1. The first-order valence-corrected chi connectivity index (χ1v) is 12.3. The van der Waals surface area contributed by atoms with Crippen LogP contribution >= 0.6 is 0 Å². The first-order chi connectivity index (χ1) is 17.6. The van der Waals surface area contributed by atoms with E-state index >= 15 is 0 Å². The van der Waals surface area contributed by atoms with Gasteiger partial charge in [0.25, 0.3) is 0 Å². The monoisotopic (exact) mass is 491 g/mol. The van der Waals surface area contributed by atoms with Crippen LogP contribution in [0.1, 0.15) is 54.1 Å². The van der Waals surface area contributed by atoms with Crippen molar-refractivity contribution in [1.29, 1.82) is 0 Å². The number of ether oxygens (including phenoxy) is 2. The molecule has 5 rings (SSSR count). The smallest absolute Gasteiger partial charge is 0.220 e. The summed E-state index contributed by atoms with van der Waals surface area (Å²) in [6.07, 6.45) is 7.58. The number of nitrogen functional groups attached to an aromatic ring is 1. The summed E-state index contributed by atoms with van der Waals surface area (Å²) in [6.45, 7) is 3.32. The quantitative estimate of drug-likeness (QED) is 0.381. The van der Waals surface area contributed by atoms with Crippen LogP contribution < -0.4 is 5.73 Å². The number of aromatic nitrogens is 3. The van der Waals surface area contributed by atoms with Crippen molar-refractivity contribution in [3.8, 4) is 11.1 Å². The van der Waals surface area contributed by atoms with Crippen molar-refractivity contribution in [3.05, 3.63) is 71.1 Å². The minimum Gasteiger partial charge on any atom is -0.393 e. The van der Waals surface area contributed by atoms with E-state index in [1.165, 1.54) is 6.07 Å². The van der Waals surface area contributed by atoms with E-state index in [2.05, 4.69) is 20.1 Å². The molecule has 1 fully saturated rings. The second kappa shape index (κ2) is 11.1. The SMILES string of the molecule is Cc1nc(N)nc2c1/C(=N/OCCOC1CCCCO1)CC(c1ccc(F)cc1-c1cccnc1)C2. The molecule has 8 nitrogen and oxygen atoms in total. The normalized spacial score (nSPS) is 20.8. The Hall–Kier alpha value is -3.43. The number of hydrogen-bond acceptors (Lipinski definition) is 8. The summed E-state index contributed by atoms with van der Waals surface area (Å²) in [5.41, 5.74) is 11.8. The average molecular weight is 492 g/mol. The van der Waals surface area contributed by atoms with E-state index in [1.54, 1.807) is 18.5 Å². The van der Waals surface area contributed by atoms with Crippen LogP contribution in [-0.2, 0) is 20.7 Å². The highest BCUT2D eigenvalue weighted by Crippen LogP contribution is 2.38. The van der Waals surface area contributed by atoms with Gasteiger partial charge in [-0.15, -0.1) is 0 Å². The highest BCUT2D eigenvalue weighted by molar-refractivity contribution is 6.03. The minimum absolute atomic E-state index is 0.00348. The lowest BCUT2D eigenvalue weighted by Gasteiger charge is -2.28. The van der Waals surface area contributed by atoms with Crippen molar-refractivity contribution in [1.82, 2.24) is 15.0 Å². The molecule has 3 heterocycles. The lowest BCUT2D eigenvalue weighted by atomic mass is 9.78. The Balaban J connectivity index is 1.40. The van der Waals surface area contributed by atoms with Crippen LogP contribution in [0.15, 0.2) is 47.9 Å². The molecule has 188 valence electrons. The van der Waals surface area contributed by atoms with Crippen molar-refractivity contribution >= 4 is 11.7 Å². The van der Waals surface area contributed by atoms with Gasteiger partial charge in [0.2, 0.25) is 5.95 Å². The molecule has 2 unspecified atom stereocenters. The van der Waals surface area contributed by atoms with Crippen LogP contribution in [-0.4, -0.2) is 46.8 Å². The van der Waals surface area contributed by atoms with Gasteiger partial charge in [0, 0.05) is 36.5 Å². The number of nitrogens with zero attached hydrogens (tertiary/aromatic N) is 4. The molecule has 0 bridgehead atoms. The van der Waals surface area contributed by atoms with E-state index in [1.807, 2.05) is 25.1 Å². The molecule has 1 aliphatic heterocycles. The average Bonchev–Trinajstić information content (AvgIpc) is 2.89. The second-order valence-corrected chi connectivity index (χ2v) is 9.11. The van der Waals surface area contributed by atoms with E-state index in [0.717, 1.165) is 65.2 Å². The molecule has 36 heavy (non-hydrogen) atoms. The first kappa shape index (κ1) is 24.3. The Bertz CT molecular complexity index is 1230. The fraction of sp³-hybridized carbons (Fsp3) is 0.407. The summed E-state index contributed by atoms with van der Waals surface area (Å²) in [6, 6.07) is 8.65. The zero-order valence-corrected chi connectivity index (χ0v) is 20.3. The number of rotatable bonds is 7. The Morgan fingerprint density at radius 2 is 2.08 bits per heavy atom. The van der Waals surface area contributed by atoms with Crippen LogP contribution in [0.2, 0.25) is 0 Å². The number of halogens is 1. The number of anilines is 1. The van der Waals surface area contributed by atoms with Gasteiger partial charge >= 0.3 is 0 Å². The minimum atomic E-state index is -0.296. The third-order valence-corrected chi connectivity index (χ3v) is 6.57. The van der Waals surface area contributed by atoms with Gasteiger partial charge in [0.1, 0.15) is 12.4 Å². The van der Waals surface area contributed by atoms with Crippen LogP contribution in [0.4, 0.5) is 10.3 Å². The molecule has 1 aromatic carbocycles. The molecule has 2 N–H and O–H groups in total. The van der Waals surface area contributed by atoms with Gasteiger partial charge in [-0.25, -0.2) is 14.4 Å². The molecule has 2 aliphatic rings. The lowest BCUT2D eigenvalue weighted by molar-refractivity contribution is -0.169. The molecular formula is C27H30FN5O3. The topological polar surface area (TPSA) is 105 Å². The fourth-order valence-corrected chi connectivity index (χ4v) is 4.96. The molecule has 2 aromatic heterocycles. The molecule has 1 saturated heterocycles. The van der Waals surface area contributed by atoms with Gasteiger partial charge < -0.3 is 20.0 Å². The number of aryl methyl sites for hydroxylation is 1. The Morgan fingerprint density at radius 1 is 1.17 bits per heavy atom. The fourth-order valence-electron chi connectivity index (χ4n) is 4.96. The highest BCUT2D eigenvalue weighted by Gasteiger charge is 2.30. The van der Waals surface area contributed by atoms with Crippen LogP contribution in [0.3, 0.4) is 0 Å². The van der Waals surface area contributed by atoms with Crippen molar-refractivity contribution in [2.24, 2.45) is 5.16 Å². The van der Waals surface area contributed by atoms with Gasteiger partial charge in [0.15, 0.2) is 6.29 Å². The van der Waals surface area contributed by atoms with E-state index in [0.29, 0.717) is 26.1 Å². The maximum atomic E-state index is 14.3. The lowest BCUT2D eigenvalue weighted by Crippen LogP contribution is -2.25. The summed E-state index contributed by atoms with van der Waals surface area (Å²) < 4.78 is 25.6. The largest absolute Gasteiger partial charge is 0.393 e. The molecule has 0 amide bonds. The van der Waals surface area contributed by atoms with Crippen molar-refractivity contribution in [2.75, 3.05) is 25.6 Å². The van der Waals surface area contributed by atoms with Gasteiger partial charge in [-0.1, -0.05) is 17.3 Å². The maximum Gasteiger partial charge on any atom is 0.220 e. The van der Waals surface area contributed by atoms with E-state index in [-0.39, 0.29) is 24.0 Å². The summed E-state index contributed by atoms with van der Waals surface area (Å²) in [5, 5.41) is 4.48. The number of benzene rings is 1. The summed E-state index contributed by atoms with van der Waals surface area (Å²) >= 11 is 0. The van der Waals surface area contributed by atoms with Gasteiger partial charge in [-0.3, -0.25) is 4.98 Å². The van der Waals surface area contributed by atoms with Gasteiger partial charge in [-0.2, -0.15) is 0 Å². The Morgan fingerprint density at radius 3 is 2.89 bits per heavy atom. The molecule has 0 radical (unpaired) electrons. The third kappa shape index (κ3) is 5.52. The van der Waals surface area contributed by atoms with Crippen molar-refractivity contribution in [2.45, 2.75) is 51.2 Å².